The van der Waals surface area contributed by atoms with Gasteiger partial charge in [0.25, 0.3) is 0 Å². The lowest BCUT2D eigenvalue weighted by Crippen LogP contribution is -2.59. The van der Waals surface area contributed by atoms with Crippen LogP contribution in [0.15, 0.2) is 24.3 Å². The number of rotatable bonds is 2. The molecule has 0 aromatic heterocycles. The molecule has 106 valence electrons. The zero-order valence-electron chi connectivity index (χ0n) is 12.4. The van der Waals surface area contributed by atoms with Gasteiger partial charge in [0.05, 0.1) is 0 Å². The van der Waals surface area contributed by atoms with E-state index >= 15 is 0 Å². The van der Waals surface area contributed by atoms with Crippen LogP contribution >= 0.6 is 0 Å². The summed E-state index contributed by atoms with van der Waals surface area (Å²) in [4.78, 5) is 2.52. The third-order valence-electron chi connectivity index (χ3n) is 3.91. The molecule has 3 heteroatoms. The van der Waals surface area contributed by atoms with Crippen molar-refractivity contribution in [2.45, 2.75) is 46.3 Å². The van der Waals surface area contributed by atoms with Crippen LogP contribution in [0, 0.1) is 11.2 Å². The Morgan fingerprint density at radius 2 is 1.89 bits per heavy atom. The number of halogens is 1. The summed E-state index contributed by atoms with van der Waals surface area (Å²) in [5, 5.41) is 3.56. The highest BCUT2D eigenvalue weighted by molar-refractivity contribution is 5.16. The van der Waals surface area contributed by atoms with E-state index in [4.69, 9.17) is 0 Å². The van der Waals surface area contributed by atoms with E-state index in [1.54, 1.807) is 12.1 Å². The van der Waals surface area contributed by atoms with Crippen LogP contribution in [0.1, 0.15) is 33.3 Å². The molecule has 1 fully saturated rings. The molecule has 1 heterocycles. The lowest BCUT2D eigenvalue weighted by Gasteiger charge is -2.46. The maximum atomic E-state index is 13.0. The minimum absolute atomic E-state index is 0.162. The van der Waals surface area contributed by atoms with Crippen LogP contribution in [0.25, 0.3) is 0 Å². The molecule has 0 saturated carbocycles. The molecule has 0 bridgehead atoms. The Bertz CT molecular complexity index is 408. The van der Waals surface area contributed by atoms with Crippen LogP contribution in [-0.2, 0) is 6.54 Å². The number of hydrogen-bond acceptors (Lipinski definition) is 2. The number of piperazine rings is 1. The van der Waals surface area contributed by atoms with E-state index in [2.05, 4.69) is 37.9 Å². The van der Waals surface area contributed by atoms with Gasteiger partial charge in [0, 0.05) is 31.7 Å². The number of nitrogens with zero attached hydrogens (tertiary/aromatic N) is 1. The molecule has 0 radical (unpaired) electrons. The first-order valence-corrected chi connectivity index (χ1v) is 7.08. The monoisotopic (exact) mass is 264 g/mol. The second-order valence-electron chi connectivity index (χ2n) is 6.75. The van der Waals surface area contributed by atoms with Gasteiger partial charge in [-0.25, -0.2) is 4.39 Å². The van der Waals surface area contributed by atoms with E-state index in [0.717, 1.165) is 19.6 Å². The van der Waals surface area contributed by atoms with Gasteiger partial charge in [-0.1, -0.05) is 32.9 Å². The summed E-state index contributed by atoms with van der Waals surface area (Å²) >= 11 is 0. The molecule has 1 saturated heterocycles. The molecule has 19 heavy (non-hydrogen) atoms. The largest absolute Gasteiger partial charge is 0.311 e. The van der Waals surface area contributed by atoms with E-state index < -0.39 is 0 Å². The van der Waals surface area contributed by atoms with Crippen molar-refractivity contribution in [2.75, 3.05) is 13.1 Å². The average Bonchev–Trinajstić information content (AvgIpc) is 2.30. The van der Waals surface area contributed by atoms with Crippen molar-refractivity contribution in [1.82, 2.24) is 10.2 Å². The summed E-state index contributed by atoms with van der Waals surface area (Å²) in [5.74, 6) is -0.162. The highest BCUT2D eigenvalue weighted by Gasteiger charge is 2.34. The van der Waals surface area contributed by atoms with Gasteiger partial charge in [-0.05, 0) is 30.0 Å². The molecular formula is C16H25FN2. The Balaban J connectivity index is 2.12. The van der Waals surface area contributed by atoms with Gasteiger partial charge in [-0.15, -0.1) is 0 Å². The maximum Gasteiger partial charge on any atom is 0.123 e. The molecule has 0 aliphatic carbocycles. The highest BCUT2D eigenvalue weighted by Crippen LogP contribution is 2.27. The molecule has 1 aromatic carbocycles. The summed E-state index contributed by atoms with van der Waals surface area (Å²) in [7, 11) is 0. The topological polar surface area (TPSA) is 15.3 Å². The predicted molar refractivity (Wildman–Crippen MR) is 77.5 cm³/mol. The molecule has 1 aliphatic heterocycles. The summed E-state index contributed by atoms with van der Waals surface area (Å²) in [5.41, 5.74) is 1.43. The molecule has 2 nitrogen and oxygen atoms in total. The summed E-state index contributed by atoms with van der Waals surface area (Å²) in [6, 6.07) is 7.90. The molecule has 1 aromatic rings. The number of hydrogen-bond donors (Lipinski definition) is 1. The van der Waals surface area contributed by atoms with Crippen molar-refractivity contribution in [2.24, 2.45) is 5.41 Å². The first kappa shape index (κ1) is 14.5. The van der Waals surface area contributed by atoms with Crippen LogP contribution in [-0.4, -0.2) is 30.1 Å². The van der Waals surface area contributed by atoms with Gasteiger partial charge in [-0.2, -0.15) is 0 Å². The van der Waals surface area contributed by atoms with Crippen molar-refractivity contribution >= 4 is 0 Å². The second kappa shape index (κ2) is 5.59. The van der Waals surface area contributed by atoms with Gasteiger partial charge in [0.1, 0.15) is 5.82 Å². The Morgan fingerprint density at radius 1 is 1.26 bits per heavy atom. The Labute approximate surface area is 116 Å². The van der Waals surface area contributed by atoms with Crippen molar-refractivity contribution in [3.8, 4) is 0 Å². The van der Waals surface area contributed by atoms with Crippen LogP contribution < -0.4 is 5.32 Å². The van der Waals surface area contributed by atoms with Gasteiger partial charge in [0.2, 0.25) is 0 Å². The minimum atomic E-state index is -0.162. The number of nitrogens with one attached hydrogen (secondary N) is 1. The van der Waals surface area contributed by atoms with Crippen LogP contribution in [0.2, 0.25) is 0 Å². The Morgan fingerprint density at radius 3 is 2.47 bits per heavy atom. The Hall–Kier alpha value is -0.930. The van der Waals surface area contributed by atoms with Crippen molar-refractivity contribution in [3.63, 3.8) is 0 Å². The molecule has 1 aliphatic rings. The maximum absolute atomic E-state index is 13.0. The van der Waals surface area contributed by atoms with E-state index in [0.29, 0.717) is 12.1 Å². The second-order valence-corrected chi connectivity index (χ2v) is 6.75. The van der Waals surface area contributed by atoms with Crippen molar-refractivity contribution < 1.29 is 4.39 Å². The van der Waals surface area contributed by atoms with Gasteiger partial charge >= 0.3 is 0 Å². The molecule has 2 atom stereocenters. The average molecular weight is 264 g/mol. The molecular weight excluding hydrogens is 239 g/mol. The SMILES string of the molecule is CC1CN(Cc2ccc(F)cc2)C(C(C)(C)C)CN1. The van der Waals surface area contributed by atoms with Gasteiger partial charge in [-0.3, -0.25) is 4.90 Å². The van der Waals surface area contributed by atoms with Crippen molar-refractivity contribution in [1.29, 1.82) is 0 Å². The lowest BCUT2D eigenvalue weighted by molar-refractivity contribution is 0.0526. The highest BCUT2D eigenvalue weighted by atomic mass is 19.1. The molecule has 1 N–H and O–H groups in total. The predicted octanol–water partition coefficient (Wildman–Crippen LogP) is 3.03. The van der Waals surface area contributed by atoms with Crippen LogP contribution in [0.3, 0.4) is 0 Å². The normalized spacial score (nSPS) is 25.5. The first-order chi connectivity index (χ1) is 8.86. The van der Waals surface area contributed by atoms with Gasteiger partial charge < -0.3 is 5.32 Å². The third kappa shape index (κ3) is 3.77. The fraction of sp³-hybridized carbons (Fsp3) is 0.625. The standard InChI is InChI=1S/C16H25FN2/c1-12-10-19(15(9-18-12)16(2,3)4)11-13-5-7-14(17)8-6-13/h5-8,12,15,18H,9-11H2,1-4H3. The number of benzene rings is 1. The van der Waals surface area contributed by atoms with E-state index in [1.807, 2.05) is 12.1 Å². The Kier molecular flexibility index (Phi) is 4.26. The van der Waals surface area contributed by atoms with E-state index in [9.17, 15) is 4.39 Å². The van der Waals surface area contributed by atoms with Gasteiger partial charge in [0.15, 0.2) is 0 Å². The third-order valence-corrected chi connectivity index (χ3v) is 3.91. The lowest BCUT2D eigenvalue weighted by atomic mass is 9.83. The smallest absolute Gasteiger partial charge is 0.123 e. The fourth-order valence-corrected chi connectivity index (χ4v) is 2.84. The van der Waals surface area contributed by atoms with Crippen molar-refractivity contribution in [3.05, 3.63) is 35.6 Å². The summed E-state index contributed by atoms with van der Waals surface area (Å²) < 4.78 is 13.0. The first-order valence-electron chi connectivity index (χ1n) is 7.08. The molecule has 2 unspecified atom stereocenters. The minimum Gasteiger partial charge on any atom is -0.311 e. The van der Waals surface area contributed by atoms with Crippen LogP contribution in [0.4, 0.5) is 4.39 Å². The van der Waals surface area contributed by atoms with Crippen LogP contribution in [0.5, 0.6) is 0 Å². The molecule has 0 amide bonds. The molecule has 2 rings (SSSR count). The summed E-state index contributed by atoms with van der Waals surface area (Å²) in [6.45, 7) is 12.0. The zero-order chi connectivity index (χ0) is 14.0. The van der Waals surface area contributed by atoms with E-state index in [-0.39, 0.29) is 11.2 Å². The zero-order valence-corrected chi connectivity index (χ0v) is 12.4. The quantitative estimate of drug-likeness (QED) is 0.883. The van der Waals surface area contributed by atoms with E-state index in [1.165, 1.54) is 5.56 Å². The fourth-order valence-electron chi connectivity index (χ4n) is 2.84. The molecule has 0 spiro atoms. The summed E-state index contributed by atoms with van der Waals surface area (Å²) in [6.07, 6.45) is 0.